The van der Waals surface area contributed by atoms with Gasteiger partial charge in [-0.25, -0.2) is 14.8 Å². The zero-order chi connectivity index (χ0) is 22.4. The fourth-order valence-corrected chi connectivity index (χ4v) is 3.86. The smallest absolute Gasteiger partial charge is 0.328 e. The first-order valence-electron chi connectivity index (χ1n) is 9.96. The van der Waals surface area contributed by atoms with E-state index in [9.17, 15) is 9.59 Å². The van der Waals surface area contributed by atoms with E-state index in [0.717, 1.165) is 20.9 Å². The highest BCUT2D eigenvalue weighted by Crippen LogP contribution is 2.23. The molecule has 0 spiro atoms. The molecule has 2 N–H and O–H groups in total. The van der Waals surface area contributed by atoms with Gasteiger partial charge in [0.05, 0.1) is 19.2 Å². The lowest BCUT2D eigenvalue weighted by molar-refractivity contribution is -0.142. The number of carbonyl (C=O) groups excluding carboxylic acids is 2. The van der Waals surface area contributed by atoms with Gasteiger partial charge in [0, 0.05) is 15.4 Å². The van der Waals surface area contributed by atoms with Gasteiger partial charge in [0.1, 0.15) is 11.9 Å². The highest BCUT2D eigenvalue weighted by atomic mass is 127. The molecular formula is C23H25IN4O3. The molecule has 3 rings (SSSR count). The average Bonchev–Trinajstić information content (AvgIpc) is 2.80. The number of fused-ring (bicyclic) bond motifs is 1. The molecule has 8 heteroatoms. The third-order valence-electron chi connectivity index (χ3n) is 4.88. The van der Waals surface area contributed by atoms with Gasteiger partial charge >= 0.3 is 5.97 Å². The summed E-state index contributed by atoms with van der Waals surface area (Å²) in [6.07, 6.45) is 0. The van der Waals surface area contributed by atoms with Crippen molar-refractivity contribution in [1.29, 1.82) is 0 Å². The summed E-state index contributed by atoms with van der Waals surface area (Å²) >= 11 is 2.24. The number of anilines is 1. The van der Waals surface area contributed by atoms with Crippen LogP contribution in [0.5, 0.6) is 0 Å². The van der Waals surface area contributed by atoms with Crippen molar-refractivity contribution in [2.45, 2.75) is 30.9 Å². The molecule has 0 radical (unpaired) electrons. The zero-order valence-corrected chi connectivity index (χ0v) is 19.8. The van der Waals surface area contributed by atoms with Crippen LogP contribution < -0.4 is 10.6 Å². The number of nitrogens with one attached hydrogen (secondary N) is 2. The van der Waals surface area contributed by atoms with Crippen molar-refractivity contribution in [2.24, 2.45) is 5.92 Å². The van der Waals surface area contributed by atoms with Crippen LogP contribution in [0.4, 0.5) is 5.82 Å². The fourth-order valence-electron chi connectivity index (χ4n) is 3.20. The number of nitrogens with zero attached hydrogens (tertiary/aromatic N) is 2. The maximum Gasteiger partial charge on any atom is 0.328 e. The number of methoxy groups -OCH3 is 1. The normalized spacial score (nSPS) is 11.9. The maximum absolute atomic E-state index is 12.7. The lowest BCUT2D eigenvalue weighted by atomic mass is 10.0. The number of esters is 1. The molecule has 0 aliphatic heterocycles. The monoisotopic (exact) mass is 532 g/mol. The zero-order valence-electron chi connectivity index (χ0n) is 17.7. The molecule has 7 nitrogen and oxygen atoms in total. The van der Waals surface area contributed by atoms with Gasteiger partial charge in [-0.1, -0.05) is 66.8 Å². The number of hydrogen-bond donors (Lipinski definition) is 2. The van der Waals surface area contributed by atoms with Gasteiger partial charge in [-0.2, -0.15) is 0 Å². The van der Waals surface area contributed by atoms with Gasteiger partial charge < -0.3 is 15.4 Å². The number of alkyl halides is 1. The Morgan fingerprint density at radius 2 is 1.77 bits per heavy atom. The first-order chi connectivity index (χ1) is 14.9. The minimum absolute atomic E-state index is 0.00545. The second kappa shape index (κ2) is 10.5. The van der Waals surface area contributed by atoms with Crippen molar-refractivity contribution in [1.82, 2.24) is 15.3 Å². The molecule has 1 heterocycles. The summed E-state index contributed by atoms with van der Waals surface area (Å²) in [6, 6.07) is 14.5. The van der Waals surface area contributed by atoms with Crippen LogP contribution in [0, 0.1) is 5.92 Å². The first-order valence-corrected chi connectivity index (χ1v) is 11.5. The molecule has 0 unspecified atom stereocenters. The number of aromatic nitrogens is 2. The summed E-state index contributed by atoms with van der Waals surface area (Å²) in [5.41, 5.74) is 2.34. The lowest BCUT2D eigenvalue weighted by Gasteiger charge is -2.21. The predicted molar refractivity (Wildman–Crippen MR) is 129 cm³/mol. The Morgan fingerprint density at radius 3 is 2.48 bits per heavy atom. The molecule has 0 aliphatic rings. The number of hydrogen-bond acceptors (Lipinski definition) is 6. The van der Waals surface area contributed by atoms with E-state index in [-0.39, 0.29) is 24.3 Å². The Kier molecular flexibility index (Phi) is 7.78. The van der Waals surface area contributed by atoms with Crippen LogP contribution in [0.15, 0.2) is 48.5 Å². The van der Waals surface area contributed by atoms with E-state index >= 15 is 0 Å². The van der Waals surface area contributed by atoms with Crippen LogP contribution in [-0.4, -0.2) is 35.0 Å². The number of carbonyl (C=O) groups is 2. The van der Waals surface area contributed by atoms with Gasteiger partial charge in [-0.3, -0.25) is 4.79 Å². The molecule has 0 bridgehead atoms. The van der Waals surface area contributed by atoms with Crippen LogP contribution in [0.1, 0.15) is 35.6 Å². The van der Waals surface area contributed by atoms with Crippen LogP contribution in [-0.2, 0) is 20.5 Å². The third kappa shape index (κ3) is 5.49. The van der Waals surface area contributed by atoms with Crippen molar-refractivity contribution in [2.75, 3.05) is 12.4 Å². The van der Waals surface area contributed by atoms with Crippen LogP contribution >= 0.6 is 22.6 Å². The number of rotatable bonds is 8. The van der Waals surface area contributed by atoms with E-state index in [0.29, 0.717) is 17.2 Å². The maximum atomic E-state index is 12.7. The van der Waals surface area contributed by atoms with E-state index in [4.69, 9.17) is 4.74 Å². The van der Waals surface area contributed by atoms with E-state index in [2.05, 4.69) is 43.2 Å². The van der Waals surface area contributed by atoms with Gasteiger partial charge in [0.15, 0.2) is 5.82 Å². The molecule has 1 aromatic heterocycles. The molecule has 0 aliphatic carbocycles. The molecule has 31 heavy (non-hydrogen) atoms. The number of ether oxygens (including phenoxy) is 1. The summed E-state index contributed by atoms with van der Waals surface area (Å²) in [5, 5.41) is 6.91. The summed E-state index contributed by atoms with van der Waals surface area (Å²) in [6.45, 7) is 4.03. The van der Waals surface area contributed by atoms with E-state index in [1.807, 2.05) is 56.3 Å². The van der Waals surface area contributed by atoms with Crippen molar-refractivity contribution in [3.05, 3.63) is 65.5 Å². The quantitative estimate of drug-likeness (QED) is 0.258. The molecule has 0 fully saturated rings. The number of amides is 1. The Bertz CT molecular complexity index is 1090. The van der Waals surface area contributed by atoms with E-state index in [1.165, 1.54) is 7.11 Å². The fraction of sp³-hybridized carbons (Fsp3) is 0.304. The second-order valence-electron chi connectivity index (χ2n) is 7.37. The first kappa shape index (κ1) is 22.9. The molecule has 0 saturated carbocycles. The average molecular weight is 532 g/mol. The Balaban J connectivity index is 1.88. The minimum atomic E-state index is -0.554. The molecule has 2 aromatic carbocycles. The van der Waals surface area contributed by atoms with Crippen LogP contribution in [0.25, 0.3) is 10.9 Å². The third-order valence-corrected chi connectivity index (χ3v) is 5.70. The Hall–Kier alpha value is -2.75. The highest BCUT2D eigenvalue weighted by molar-refractivity contribution is 14.1. The minimum Gasteiger partial charge on any atom is -0.467 e. The van der Waals surface area contributed by atoms with Gasteiger partial charge in [0.2, 0.25) is 0 Å². The van der Waals surface area contributed by atoms with Gasteiger partial charge in [-0.05, 0) is 29.7 Å². The largest absolute Gasteiger partial charge is 0.467 e. The van der Waals surface area contributed by atoms with E-state index < -0.39 is 6.04 Å². The van der Waals surface area contributed by atoms with E-state index in [1.54, 1.807) is 6.07 Å². The standard InChI is InChI=1S/C23H25IN4O3/c1-14(2)20(23(30)31-3)28-21-17-10-6-7-11-18(17)26-19(27-21)13-25-22(29)16-9-5-4-8-15(16)12-24/h4-11,14,20H,12-13H2,1-3H3,(H,25,29)(H,26,27,28)/t20-/m0/s1. The Morgan fingerprint density at radius 1 is 1.06 bits per heavy atom. The SMILES string of the molecule is COC(=O)[C@@H](Nc1nc(CNC(=O)c2ccccc2CI)nc2ccccc12)C(C)C. The summed E-state index contributed by atoms with van der Waals surface area (Å²) in [4.78, 5) is 34.1. The molecule has 1 atom stereocenters. The van der Waals surface area contributed by atoms with Crippen LogP contribution in [0.2, 0.25) is 0 Å². The lowest BCUT2D eigenvalue weighted by Crippen LogP contribution is -2.36. The summed E-state index contributed by atoms with van der Waals surface area (Å²) < 4.78 is 5.68. The van der Waals surface area contributed by atoms with Crippen LogP contribution in [0.3, 0.4) is 0 Å². The molecule has 0 saturated heterocycles. The number of benzene rings is 2. The van der Waals surface area contributed by atoms with Crippen molar-refractivity contribution < 1.29 is 14.3 Å². The number of halogens is 1. The van der Waals surface area contributed by atoms with Crippen molar-refractivity contribution >= 4 is 51.2 Å². The number of para-hydroxylation sites is 1. The Labute approximate surface area is 195 Å². The molecule has 1 amide bonds. The van der Waals surface area contributed by atoms with Crippen molar-refractivity contribution in [3.63, 3.8) is 0 Å². The second-order valence-corrected chi connectivity index (χ2v) is 8.13. The topological polar surface area (TPSA) is 93.2 Å². The molecule has 3 aromatic rings. The van der Waals surface area contributed by atoms with Gasteiger partial charge in [-0.15, -0.1) is 0 Å². The van der Waals surface area contributed by atoms with Gasteiger partial charge in [0.25, 0.3) is 5.91 Å². The molecular weight excluding hydrogens is 507 g/mol. The summed E-state index contributed by atoms with van der Waals surface area (Å²) in [7, 11) is 1.37. The summed E-state index contributed by atoms with van der Waals surface area (Å²) in [5.74, 6) is 0.450. The van der Waals surface area contributed by atoms with Crippen molar-refractivity contribution in [3.8, 4) is 0 Å². The predicted octanol–water partition coefficient (Wildman–Crippen LogP) is 4.10. The highest BCUT2D eigenvalue weighted by Gasteiger charge is 2.24. The molecule has 162 valence electrons.